The Hall–Kier alpha value is -2.92. The molecule has 8 heteroatoms. The fourth-order valence-corrected chi connectivity index (χ4v) is 3.16. The zero-order valence-corrected chi connectivity index (χ0v) is 16.8. The maximum atomic E-state index is 12.5. The molecule has 2 rings (SSSR count). The quantitative estimate of drug-likeness (QED) is 0.531. The van der Waals surface area contributed by atoms with Crippen LogP contribution in [0.25, 0.3) is 6.08 Å². The summed E-state index contributed by atoms with van der Waals surface area (Å²) in [5.41, 5.74) is 0.652. The van der Waals surface area contributed by atoms with Crippen LogP contribution in [0.2, 0.25) is 0 Å². The lowest BCUT2D eigenvalue weighted by atomic mass is 10.2. The molecule has 0 unspecified atom stereocenters. The van der Waals surface area contributed by atoms with Gasteiger partial charge in [0.15, 0.2) is 11.5 Å². The second kappa shape index (κ2) is 9.85. The number of ether oxygens (including phenoxy) is 2. The van der Waals surface area contributed by atoms with Crippen LogP contribution in [0.4, 0.5) is 4.79 Å². The fraction of sp³-hybridized carbons (Fsp3) is 0.350. The first-order valence-corrected chi connectivity index (χ1v) is 9.43. The molecule has 3 amide bonds. The van der Waals surface area contributed by atoms with Crippen LogP contribution < -0.4 is 14.8 Å². The van der Waals surface area contributed by atoms with E-state index in [0.717, 1.165) is 16.7 Å². The summed E-state index contributed by atoms with van der Waals surface area (Å²) in [5.74, 6) is 2.72. The number of nitrogens with zero attached hydrogens (tertiary/aromatic N) is 1. The molecule has 0 saturated carbocycles. The molecule has 0 atom stereocenters. The molecule has 1 aliphatic heterocycles. The predicted molar refractivity (Wildman–Crippen MR) is 108 cm³/mol. The van der Waals surface area contributed by atoms with Crippen molar-refractivity contribution in [2.75, 3.05) is 26.8 Å². The van der Waals surface area contributed by atoms with Crippen LogP contribution in [-0.2, 0) is 9.59 Å². The largest absolute Gasteiger partial charge is 0.493 e. The molecule has 1 saturated heterocycles. The summed E-state index contributed by atoms with van der Waals surface area (Å²) >= 11 is 0.794. The molecule has 1 fully saturated rings. The molecule has 7 nitrogen and oxygen atoms in total. The molecule has 1 N–H and O–H groups in total. The monoisotopic (exact) mass is 402 g/mol. The third-order valence-corrected chi connectivity index (χ3v) is 4.59. The van der Waals surface area contributed by atoms with Crippen molar-refractivity contribution in [1.29, 1.82) is 0 Å². The number of rotatable bonds is 8. The number of amides is 3. The topological polar surface area (TPSA) is 84.9 Å². The third kappa shape index (κ3) is 5.54. The zero-order valence-electron chi connectivity index (χ0n) is 16.0. The second-order valence-corrected chi connectivity index (χ2v) is 7.36. The normalized spacial score (nSPS) is 15.1. The molecule has 1 aromatic rings. The van der Waals surface area contributed by atoms with Gasteiger partial charge in [-0.1, -0.05) is 25.8 Å². The number of hydrogen-bond donors (Lipinski definition) is 1. The molecule has 0 aliphatic carbocycles. The van der Waals surface area contributed by atoms with E-state index in [1.54, 1.807) is 24.3 Å². The Kier molecular flexibility index (Phi) is 7.52. The number of imide groups is 1. The molecule has 1 aliphatic rings. The van der Waals surface area contributed by atoms with Crippen LogP contribution in [0.1, 0.15) is 19.4 Å². The van der Waals surface area contributed by atoms with Gasteiger partial charge in [0, 0.05) is 6.54 Å². The Bertz CT molecular complexity index is 841. The lowest BCUT2D eigenvalue weighted by Gasteiger charge is -2.13. The van der Waals surface area contributed by atoms with Crippen molar-refractivity contribution in [2.45, 2.75) is 13.8 Å². The Morgan fingerprint density at radius 1 is 1.36 bits per heavy atom. The van der Waals surface area contributed by atoms with E-state index in [1.807, 2.05) is 13.8 Å². The summed E-state index contributed by atoms with van der Waals surface area (Å²) in [6, 6.07) is 5.07. The van der Waals surface area contributed by atoms with Crippen molar-refractivity contribution in [3.8, 4) is 23.8 Å². The van der Waals surface area contributed by atoms with Crippen molar-refractivity contribution in [3.63, 3.8) is 0 Å². The molecule has 28 heavy (non-hydrogen) atoms. The minimum atomic E-state index is -0.499. The van der Waals surface area contributed by atoms with E-state index in [1.165, 1.54) is 7.11 Å². The van der Waals surface area contributed by atoms with Crippen LogP contribution in [-0.4, -0.2) is 48.8 Å². The standard InChI is InChI=1S/C20H22N2O5S/c1-5-8-27-15-7-6-14(9-16(15)26-4)10-17-19(24)22(20(25)28-17)12-18(23)21-11-13(2)3/h1,6-7,9-10,13H,8,11-12H2,2-4H3,(H,21,23)/b17-10-. The lowest BCUT2D eigenvalue weighted by Crippen LogP contribution is -2.40. The number of terminal acetylenes is 1. The molecule has 0 aromatic heterocycles. The second-order valence-electron chi connectivity index (χ2n) is 6.37. The minimum absolute atomic E-state index is 0.105. The van der Waals surface area contributed by atoms with E-state index in [2.05, 4.69) is 11.2 Å². The highest BCUT2D eigenvalue weighted by atomic mass is 32.2. The maximum absolute atomic E-state index is 12.5. The molecule has 0 radical (unpaired) electrons. The number of hydrogen-bond acceptors (Lipinski definition) is 6. The Morgan fingerprint density at radius 2 is 2.11 bits per heavy atom. The van der Waals surface area contributed by atoms with Gasteiger partial charge in [-0.15, -0.1) is 6.42 Å². The van der Waals surface area contributed by atoms with Crippen molar-refractivity contribution in [3.05, 3.63) is 28.7 Å². The highest BCUT2D eigenvalue weighted by molar-refractivity contribution is 8.18. The Balaban J connectivity index is 2.12. The zero-order chi connectivity index (χ0) is 20.7. The van der Waals surface area contributed by atoms with E-state index in [-0.39, 0.29) is 29.9 Å². The van der Waals surface area contributed by atoms with Gasteiger partial charge >= 0.3 is 0 Å². The lowest BCUT2D eigenvalue weighted by molar-refractivity contribution is -0.129. The molecule has 0 bridgehead atoms. The predicted octanol–water partition coefficient (Wildman–Crippen LogP) is 2.52. The van der Waals surface area contributed by atoms with Crippen LogP contribution in [0.15, 0.2) is 23.1 Å². The van der Waals surface area contributed by atoms with Gasteiger partial charge in [-0.2, -0.15) is 0 Å². The first kappa shape index (κ1) is 21.4. The van der Waals surface area contributed by atoms with Gasteiger partial charge in [0.25, 0.3) is 11.1 Å². The van der Waals surface area contributed by atoms with E-state index in [4.69, 9.17) is 15.9 Å². The molecule has 0 spiro atoms. The van der Waals surface area contributed by atoms with Gasteiger partial charge in [0.2, 0.25) is 5.91 Å². The van der Waals surface area contributed by atoms with E-state index < -0.39 is 11.1 Å². The minimum Gasteiger partial charge on any atom is -0.493 e. The van der Waals surface area contributed by atoms with E-state index in [0.29, 0.717) is 23.6 Å². The SMILES string of the molecule is C#CCOc1ccc(/C=C2\SC(=O)N(CC(=O)NCC(C)C)C2=O)cc1OC. The Labute approximate surface area is 168 Å². The summed E-state index contributed by atoms with van der Waals surface area (Å²) in [5, 5.41) is 2.22. The van der Waals surface area contributed by atoms with Crippen LogP contribution in [0.3, 0.4) is 0 Å². The highest BCUT2D eigenvalue weighted by Crippen LogP contribution is 2.34. The van der Waals surface area contributed by atoms with Gasteiger partial charge < -0.3 is 14.8 Å². The first-order valence-electron chi connectivity index (χ1n) is 8.62. The molecule has 1 heterocycles. The average molecular weight is 402 g/mol. The van der Waals surface area contributed by atoms with Crippen molar-refractivity contribution in [1.82, 2.24) is 10.2 Å². The van der Waals surface area contributed by atoms with Gasteiger partial charge in [0.1, 0.15) is 13.2 Å². The number of benzene rings is 1. The third-order valence-electron chi connectivity index (χ3n) is 3.68. The van der Waals surface area contributed by atoms with Gasteiger partial charge in [-0.3, -0.25) is 19.3 Å². The van der Waals surface area contributed by atoms with Gasteiger partial charge in [-0.25, -0.2) is 0 Å². The van der Waals surface area contributed by atoms with Gasteiger partial charge in [0.05, 0.1) is 12.0 Å². The summed E-state index contributed by atoms with van der Waals surface area (Å²) in [7, 11) is 1.49. The van der Waals surface area contributed by atoms with E-state index >= 15 is 0 Å². The maximum Gasteiger partial charge on any atom is 0.294 e. The first-order chi connectivity index (χ1) is 13.3. The molecule has 1 aromatic carbocycles. The fourth-order valence-electron chi connectivity index (χ4n) is 2.32. The number of carbonyl (C=O) groups excluding carboxylic acids is 3. The summed E-state index contributed by atoms with van der Waals surface area (Å²) < 4.78 is 10.7. The van der Waals surface area contributed by atoms with Crippen molar-refractivity contribution in [2.24, 2.45) is 5.92 Å². The molecular weight excluding hydrogens is 380 g/mol. The summed E-state index contributed by atoms with van der Waals surface area (Å²) in [6.45, 7) is 4.21. The number of thioether (sulfide) groups is 1. The van der Waals surface area contributed by atoms with Crippen LogP contribution >= 0.6 is 11.8 Å². The molecular formula is C20H22N2O5S. The average Bonchev–Trinajstić information content (AvgIpc) is 2.92. The van der Waals surface area contributed by atoms with Crippen LogP contribution in [0.5, 0.6) is 11.5 Å². The van der Waals surface area contributed by atoms with Gasteiger partial charge in [-0.05, 0) is 41.5 Å². The smallest absolute Gasteiger partial charge is 0.294 e. The number of carbonyl (C=O) groups is 3. The number of methoxy groups -OCH3 is 1. The molecule has 148 valence electrons. The van der Waals surface area contributed by atoms with Crippen LogP contribution in [0, 0.1) is 18.3 Å². The van der Waals surface area contributed by atoms with Crippen molar-refractivity contribution >= 4 is 34.9 Å². The van der Waals surface area contributed by atoms with Crippen molar-refractivity contribution < 1.29 is 23.9 Å². The summed E-state index contributed by atoms with van der Waals surface area (Å²) in [6.07, 6.45) is 6.76. The number of nitrogens with one attached hydrogen (secondary N) is 1. The highest BCUT2D eigenvalue weighted by Gasteiger charge is 2.36. The van der Waals surface area contributed by atoms with E-state index in [9.17, 15) is 14.4 Å². The Morgan fingerprint density at radius 3 is 2.75 bits per heavy atom. The summed E-state index contributed by atoms with van der Waals surface area (Å²) in [4.78, 5) is 37.8.